The fraction of sp³-hybridized carbons (Fsp3) is 0.593. The molecule has 6 nitrogen and oxygen atoms in total. The molecular weight excluding hydrogens is 444 g/mol. The van der Waals surface area contributed by atoms with Crippen LogP contribution in [0.4, 0.5) is 0 Å². The number of piperidine rings is 1. The zero-order valence-electron chi connectivity index (χ0n) is 20.0. The maximum absolute atomic E-state index is 13.1. The van der Waals surface area contributed by atoms with Gasteiger partial charge in [0.2, 0.25) is 5.91 Å². The fourth-order valence-electron chi connectivity index (χ4n) is 5.64. The minimum Gasteiger partial charge on any atom is -0.342 e. The summed E-state index contributed by atoms with van der Waals surface area (Å²) < 4.78 is 0. The van der Waals surface area contributed by atoms with E-state index >= 15 is 0 Å². The molecule has 5 rings (SSSR count). The zero-order chi connectivity index (χ0) is 23.3. The van der Waals surface area contributed by atoms with Gasteiger partial charge in [0.25, 0.3) is 5.91 Å². The van der Waals surface area contributed by atoms with Gasteiger partial charge in [0.1, 0.15) is 5.69 Å². The molecule has 0 radical (unpaired) electrons. The van der Waals surface area contributed by atoms with E-state index in [0.717, 1.165) is 76.5 Å². The average Bonchev–Trinajstić information content (AvgIpc) is 3.40. The highest BCUT2D eigenvalue weighted by Crippen LogP contribution is 2.33. The van der Waals surface area contributed by atoms with Gasteiger partial charge in [0, 0.05) is 63.0 Å². The van der Waals surface area contributed by atoms with E-state index in [1.807, 2.05) is 16.3 Å². The van der Waals surface area contributed by atoms with Gasteiger partial charge in [-0.15, -0.1) is 11.3 Å². The quantitative estimate of drug-likeness (QED) is 0.637. The lowest BCUT2D eigenvalue weighted by Crippen LogP contribution is -2.48. The van der Waals surface area contributed by atoms with Crippen molar-refractivity contribution in [3.8, 4) is 0 Å². The Balaban J connectivity index is 1.10. The van der Waals surface area contributed by atoms with E-state index in [2.05, 4.69) is 34.1 Å². The number of rotatable bonds is 5. The molecule has 0 spiro atoms. The first-order valence-corrected chi connectivity index (χ1v) is 13.8. The normalized spacial score (nSPS) is 21.1. The van der Waals surface area contributed by atoms with E-state index in [1.165, 1.54) is 24.8 Å². The molecule has 0 N–H and O–H groups in total. The second kappa shape index (κ2) is 11.0. The molecule has 0 unspecified atom stereocenters. The van der Waals surface area contributed by atoms with Crippen molar-refractivity contribution in [2.45, 2.75) is 57.4 Å². The van der Waals surface area contributed by atoms with Crippen LogP contribution in [0.15, 0.2) is 35.7 Å². The van der Waals surface area contributed by atoms with Crippen LogP contribution < -0.4 is 0 Å². The summed E-state index contributed by atoms with van der Waals surface area (Å²) in [6, 6.07) is 10.5. The van der Waals surface area contributed by atoms with Crippen LogP contribution in [0.1, 0.15) is 71.9 Å². The number of hydrogen-bond donors (Lipinski definition) is 0. The lowest BCUT2D eigenvalue weighted by atomic mass is 9.87. The summed E-state index contributed by atoms with van der Waals surface area (Å²) in [7, 11) is 0. The number of hydrogen-bond acceptors (Lipinski definition) is 5. The number of amides is 2. The maximum Gasteiger partial charge on any atom is 0.273 e. The van der Waals surface area contributed by atoms with Crippen molar-refractivity contribution in [3.05, 3.63) is 52.0 Å². The molecule has 0 bridgehead atoms. The SMILES string of the molecule is O=C(c1csc(C2CCN(C(=O)C3CCCCC3)CC2)n1)N1CCN(Cc2ccccc2)CC1. The summed E-state index contributed by atoms with van der Waals surface area (Å²) in [5.41, 5.74) is 1.91. The number of thiazole rings is 1. The van der Waals surface area contributed by atoms with Crippen LogP contribution in [0, 0.1) is 5.92 Å². The van der Waals surface area contributed by atoms with E-state index < -0.39 is 0 Å². The number of likely N-dealkylation sites (tertiary alicyclic amines) is 1. The number of carbonyl (C=O) groups is 2. The minimum absolute atomic E-state index is 0.0618. The van der Waals surface area contributed by atoms with Crippen LogP contribution in [-0.4, -0.2) is 70.8 Å². The molecule has 0 atom stereocenters. The van der Waals surface area contributed by atoms with Crippen molar-refractivity contribution in [1.82, 2.24) is 19.7 Å². The predicted molar refractivity (Wildman–Crippen MR) is 135 cm³/mol. The number of aromatic nitrogens is 1. The van der Waals surface area contributed by atoms with Crippen molar-refractivity contribution in [3.63, 3.8) is 0 Å². The summed E-state index contributed by atoms with van der Waals surface area (Å²) in [6.45, 7) is 5.88. The smallest absolute Gasteiger partial charge is 0.273 e. The molecule has 2 amide bonds. The van der Waals surface area contributed by atoms with Gasteiger partial charge < -0.3 is 9.80 Å². The van der Waals surface area contributed by atoms with Gasteiger partial charge in [-0.3, -0.25) is 14.5 Å². The molecule has 1 aromatic heterocycles. The molecule has 2 aromatic rings. The summed E-state index contributed by atoms with van der Waals surface area (Å²) >= 11 is 1.62. The molecule has 2 saturated heterocycles. The molecule has 1 saturated carbocycles. The third-order valence-corrected chi connectivity index (χ3v) is 8.77. The van der Waals surface area contributed by atoms with Gasteiger partial charge in [-0.1, -0.05) is 49.6 Å². The van der Waals surface area contributed by atoms with Crippen molar-refractivity contribution >= 4 is 23.2 Å². The lowest BCUT2D eigenvalue weighted by Gasteiger charge is -2.35. The van der Waals surface area contributed by atoms with Crippen LogP contribution in [-0.2, 0) is 11.3 Å². The average molecular weight is 481 g/mol. The Morgan fingerprint density at radius 3 is 2.26 bits per heavy atom. The van der Waals surface area contributed by atoms with Crippen LogP contribution in [0.5, 0.6) is 0 Å². The summed E-state index contributed by atoms with van der Waals surface area (Å²) in [5.74, 6) is 1.05. The van der Waals surface area contributed by atoms with Gasteiger partial charge in [0.15, 0.2) is 0 Å². The third kappa shape index (κ3) is 5.52. The molecule has 7 heteroatoms. The summed E-state index contributed by atoms with van der Waals surface area (Å²) in [4.78, 5) is 37.1. The largest absolute Gasteiger partial charge is 0.342 e. The Bertz CT molecular complexity index is 956. The standard InChI is InChI=1S/C27H36N4O2S/c32-26(23-9-5-2-6-10-23)30-13-11-22(12-14-30)25-28-24(20-34-25)27(33)31-17-15-29(16-18-31)19-21-7-3-1-4-8-21/h1,3-4,7-8,20,22-23H,2,5-6,9-19H2. The first-order valence-electron chi connectivity index (χ1n) is 13.0. The Hall–Kier alpha value is -2.25. The number of carbonyl (C=O) groups excluding carboxylic acids is 2. The number of piperazine rings is 1. The molecule has 3 aliphatic rings. The van der Waals surface area contributed by atoms with E-state index in [1.54, 1.807) is 11.3 Å². The Labute approximate surface area is 207 Å². The molecule has 34 heavy (non-hydrogen) atoms. The Morgan fingerprint density at radius 1 is 0.853 bits per heavy atom. The van der Waals surface area contributed by atoms with E-state index in [9.17, 15) is 9.59 Å². The van der Waals surface area contributed by atoms with Crippen molar-refractivity contribution < 1.29 is 9.59 Å². The van der Waals surface area contributed by atoms with Crippen molar-refractivity contribution in [2.75, 3.05) is 39.3 Å². The van der Waals surface area contributed by atoms with Crippen LogP contribution >= 0.6 is 11.3 Å². The highest BCUT2D eigenvalue weighted by atomic mass is 32.1. The first-order chi connectivity index (χ1) is 16.7. The van der Waals surface area contributed by atoms with Gasteiger partial charge >= 0.3 is 0 Å². The van der Waals surface area contributed by atoms with Crippen LogP contribution in [0.2, 0.25) is 0 Å². The van der Waals surface area contributed by atoms with Gasteiger partial charge in [-0.2, -0.15) is 0 Å². The minimum atomic E-state index is 0.0618. The highest BCUT2D eigenvalue weighted by Gasteiger charge is 2.31. The maximum atomic E-state index is 13.1. The zero-order valence-corrected chi connectivity index (χ0v) is 20.8. The third-order valence-electron chi connectivity index (χ3n) is 7.76. The second-order valence-electron chi connectivity index (χ2n) is 10.1. The summed E-state index contributed by atoms with van der Waals surface area (Å²) in [6.07, 6.45) is 7.72. The van der Waals surface area contributed by atoms with E-state index in [4.69, 9.17) is 4.98 Å². The molecule has 3 fully saturated rings. The monoisotopic (exact) mass is 480 g/mol. The predicted octanol–water partition coefficient (Wildman–Crippen LogP) is 4.39. The van der Waals surface area contributed by atoms with Crippen LogP contribution in [0.3, 0.4) is 0 Å². The Morgan fingerprint density at radius 2 is 1.56 bits per heavy atom. The molecule has 2 aliphatic heterocycles. The van der Waals surface area contributed by atoms with Gasteiger partial charge in [0.05, 0.1) is 5.01 Å². The number of nitrogens with zero attached hydrogens (tertiary/aromatic N) is 4. The fourth-order valence-corrected chi connectivity index (χ4v) is 6.61. The molecule has 3 heterocycles. The first kappa shape index (κ1) is 23.5. The summed E-state index contributed by atoms with van der Waals surface area (Å²) in [5, 5.41) is 3.00. The topological polar surface area (TPSA) is 56.8 Å². The highest BCUT2D eigenvalue weighted by molar-refractivity contribution is 7.09. The van der Waals surface area contributed by atoms with Crippen molar-refractivity contribution in [1.29, 1.82) is 0 Å². The second-order valence-corrected chi connectivity index (χ2v) is 10.9. The van der Waals surface area contributed by atoms with E-state index in [-0.39, 0.29) is 11.8 Å². The van der Waals surface area contributed by atoms with Gasteiger partial charge in [-0.25, -0.2) is 4.98 Å². The number of benzene rings is 1. The lowest BCUT2D eigenvalue weighted by molar-refractivity contribution is -0.137. The molecule has 1 aromatic carbocycles. The van der Waals surface area contributed by atoms with Crippen LogP contribution in [0.25, 0.3) is 0 Å². The Kier molecular flexibility index (Phi) is 7.60. The molecule has 182 valence electrons. The van der Waals surface area contributed by atoms with Gasteiger partial charge in [-0.05, 0) is 31.2 Å². The molecular formula is C27H36N4O2S. The van der Waals surface area contributed by atoms with Crippen molar-refractivity contribution in [2.24, 2.45) is 5.92 Å². The molecule has 1 aliphatic carbocycles. The van der Waals surface area contributed by atoms with E-state index in [0.29, 0.717) is 17.5 Å².